The molecule has 0 saturated carbocycles. The van der Waals surface area contributed by atoms with E-state index in [0.717, 1.165) is 46.6 Å². The average Bonchev–Trinajstić information content (AvgIpc) is 3.35. The Labute approximate surface area is 226 Å². The van der Waals surface area contributed by atoms with Crippen LogP contribution in [0.3, 0.4) is 0 Å². The number of nitrogens with zero attached hydrogens (tertiary/aromatic N) is 1. The van der Waals surface area contributed by atoms with Gasteiger partial charge in [-0.15, -0.1) is 0 Å². The first-order valence-electron chi connectivity index (χ1n) is 12.6. The summed E-state index contributed by atoms with van der Waals surface area (Å²) in [6.45, 7) is 4.75. The van der Waals surface area contributed by atoms with E-state index in [9.17, 15) is 25.2 Å². The van der Waals surface area contributed by atoms with Crippen LogP contribution in [0.15, 0.2) is 54.6 Å². The number of hydrogen-bond acceptors (Lipinski definition) is 7. The lowest BCUT2D eigenvalue weighted by Crippen LogP contribution is -2.58. The first-order valence-corrected chi connectivity index (χ1v) is 13.0. The van der Waals surface area contributed by atoms with E-state index in [-0.39, 0.29) is 18.4 Å². The number of aliphatic hydroxyl groups is 4. The summed E-state index contributed by atoms with van der Waals surface area (Å²) >= 11 is 6.19. The van der Waals surface area contributed by atoms with Crippen molar-refractivity contribution in [1.29, 1.82) is 0 Å². The molecule has 2 aromatic carbocycles. The maximum absolute atomic E-state index is 13.2. The van der Waals surface area contributed by atoms with Gasteiger partial charge in [0.1, 0.15) is 31.0 Å². The summed E-state index contributed by atoms with van der Waals surface area (Å²) in [4.78, 5) is 13.2. The van der Waals surface area contributed by atoms with Crippen LogP contribution in [-0.2, 0) is 33.7 Å². The predicted octanol–water partition coefficient (Wildman–Crippen LogP) is 2.94. The number of halogens is 1. The average molecular weight is 542 g/mol. The first-order chi connectivity index (χ1) is 18.1. The van der Waals surface area contributed by atoms with Gasteiger partial charge in [0.2, 0.25) is 0 Å². The maximum Gasteiger partial charge on any atom is 0.311 e. The number of carbonyl (C=O) groups is 1. The highest BCUT2D eigenvalue weighted by molar-refractivity contribution is 6.30. The molecule has 1 saturated heterocycles. The minimum Gasteiger partial charge on any atom is -0.463 e. The second-order valence-electron chi connectivity index (χ2n) is 10.8. The number of aromatic nitrogens is 1. The van der Waals surface area contributed by atoms with Crippen molar-refractivity contribution >= 4 is 17.6 Å². The molecule has 0 radical (unpaired) electrons. The number of ether oxygens (including phenoxy) is 2. The molecule has 9 heteroatoms. The van der Waals surface area contributed by atoms with Gasteiger partial charge in [0.25, 0.3) is 0 Å². The molecule has 2 aliphatic rings. The van der Waals surface area contributed by atoms with Crippen molar-refractivity contribution in [2.45, 2.75) is 63.9 Å². The monoisotopic (exact) mass is 541 g/mol. The van der Waals surface area contributed by atoms with Crippen LogP contribution in [0.4, 0.5) is 0 Å². The van der Waals surface area contributed by atoms with Gasteiger partial charge in [0, 0.05) is 34.1 Å². The number of esters is 1. The molecule has 1 aromatic heterocycles. The van der Waals surface area contributed by atoms with Gasteiger partial charge < -0.3 is 34.5 Å². The normalized spacial score (nSPS) is 26.2. The van der Waals surface area contributed by atoms with Crippen molar-refractivity contribution in [3.63, 3.8) is 0 Å². The minimum absolute atomic E-state index is 0.00318. The van der Waals surface area contributed by atoms with Crippen LogP contribution in [0.1, 0.15) is 25.2 Å². The molecular weight excluding hydrogens is 510 g/mol. The summed E-state index contributed by atoms with van der Waals surface area (Å²) in [7, 11) is 0. The van der Waals surface area contributed by atoms with Crippen molar-refractivity contribution in [2.24, 2.45) is 5.41 Å². The van der Waals surface area contributed by atoms with Crippen molar-refractivity contribution in [3.8, 4) is 22.3 Å². The number of benzene rings is 2. The quantitative estimate of drug-likeness (QED) is 0.354. The molecule has 1 fully saturated rings. The lowest BCUT2D eigenvalue weighted by Gasteiger charge is -2.37. The lowest BCUT2D eigenvalue weighted by molar-refractivity contribution is -0.287. The highest BCUT2D eigenvalue weighted by atomic mass is 35.5. The van der Waals surface area contributed by atoms with Crippen molar-refractivity contribution < 1.29 is 34.7 Å². The van der Waals surface area contributed by atoms with Crippen molar-refractivity contribution in [1.82, 2.24) is 4.57 Å². The summed E-state index contributed by atoms with van der Waals surface area (Å²) in [6, 6.07) is 17.6. The van der Waals surface area contributed by atoms with Gasteiger partial charge in [-0.1, -0.05) is 67.9 Å². The fourth-order valence-electron chi connectivity index (χ4n) is 5.49. The zero-order valence-corrected chi connectivity index (χ0v) is 22.0. The Morgan fingerprint density at radius 1 is 0.974 bits per heavy atom. The molecule has 0 unspecified atom stereocenters. The third-order valence-electron chi connectivity index (χ3n) is 7.31. The number of hydrogen-bond donors (Lipinski definition) is 4. The molecule has 5 atom stereocenters. The zero-order chi connectivity index (χ0) is 27.2. The standard InChI is InChI=1S/C29H32ClNO7/c1-29(2)13-20-24(16-6-4-3-5-7-16)23(17-8-10-18(30)11-9-17)19(31(20)15-29)12-22(32)37-14-21-25(33)26(34)27(35)28(36)38-21/h3-11,21,25-28,33-36H,12-15H2,1-2H3/t21-,25+,26+,27-,28+/m0/s1. The number of rotatable bonds is 6. The SMILES string of the molecule is CC1(C)Cc2c(-c3ccccc3)c(-c3ccc(Cl)cc3)c(CC(=O)OC[C@@H]3O[C@@H](O)[C@@H](O)[C@H](O)[C@@H]3O)n2C1. The van der Waals surface area contributed by atoms with Crippen LogP contribution in [0.25, 0.3) is 22.3 Å². The fraction of sp³-hybridized carbons (Fsp3) is 0.414. The molecule has 3 aromatic rings. The van der Waals surface area contributed by atoms with Gasteiger partial charge in [0.05, 0.1) is 6.42 Å². The van der Waals surface area contributed by atoms with Crippen LogP contribution < -0.4 is 0 Å². The Hall–Kier alpha value is -2.72. The molecule has 2 aliphatic heterocycles. The molecule has 0 bridgehead atoms. The zero-order valence-electron chi connectivity index (χ0n) is 21.3. The topological polar surface area (TPSA) is 121 Å². The molecule has 4 N–H and O–H groups in total. The highest BCUT2D eigenvalue weighted by Crippen LogP contribution is 2.47. The van der Waals surface area contributed by atoms with Crippen molar-refractivity contribution in [2.75, 3.05) is 6.61 Å². The van der Waals surface area contributed by atoms with Crippen LogP contribution in [0.5, 0.6) is 0 Å². The largest absolute Gasteiger partial charge is 0.463 e. The summed E-state index contributed by atoms with van der Waals surface area (Å²) in [5.41, 5.74) is 5.98. The minimum atomic E-state index is -1.70. The van der Waals surface area contributed by atoms with E-state index in [2.05, 4.69) is 30.5 Å². The molecule has 0 spiro atoms. The molecule has 5 rings (SSSR count). The van der Waals surface area contributed by atoms with E-state index < -0.39 is 36.7 Å². The Balaban J connectivity index is 1.50. The summed E-state index contributed by atoms with van der Waals surface area (Å²) in [6.07, 6.45) is -6.87. The number of fused-ring (bicyclic) bond motifs is 1. The van der Waals surface area contributed by atoms with Crippen LogP contribution in [-0.4, -0.2) is 68.3 Å². The van der Waals surface area contributed by atoms with E-state index >= 15 is 0 Å². The van der Waals surface area contributed by atoms with Crippen LogP contribution in [0, 0.1) is 5.41 Å². The second-order valence-corrected chi connectivity index (χ2v) is 11.3. The Morgan fingerprint density at radius 3 is 2.32 bits per heavy atom. The molecule has 38 heavy (non-hydrogen) atoms. The van der Waals surface area contributed by atoms with E-state index in [1.807, 2.05) is 42.5 Å². The van der Waals surface area contributed by atoms with E-state index in [0.29, 0.717) is 5.02 Å². The summed E-state index contributed by atoms with van der Waals surface area (Å²) < 4.78 is 12.8. The molecule has 0 amide bonds. The summed E-state index contributed by atoms with van der Waals surface area (Å²) in [5, 5.41) is 40.2. The number of aliphatic hydroxyl groups excluding tert-OH is 4. The predicted molar refractivity (Wildman–Crippen MR) is 141 cm³/mol. The molecule has 202 valence electrons. The third kappa shape index (κ3) is 5.12. The fourth-order valence-corrected chi connectivity index (χ4v) is 5.62. The van der Waals surface area contributed by atoms with Gasteiger partial charge >= 0.3 is 5.97 Å². The molecule has 3 heterocycles. The molecule has 0 aliphatic carbocycles. The van der Waals surface area contributed by atoms with E-state index in [4.69, 9.17) is 21.1 Å². The maximum atomic E-state index is 13.2. The first kappa shape index (κ1) is 26.9. The van der Waals surface area contributed by atoms with Gasteiger partial charge in [-0.2, -0.15) is 0 Å². The Morgan fingerprint density at radius 2 is 1.63 bits per heavy atom. The Bertz CT molecular complexity index is 1300. The van der Waals surface area contributed by atoms with E-state index in [1.165, 1.54) is 0 Å². The summed E-state index contributed by atoms with van der Waals surface area (Å²) in [5.74, 6) is -0.546. The van der Waals surface area contributed by atoms with Crippen LogP contribution >= 0.6 is 11.6 Å². The third-order valence-corrected chi connectivity index (χ3v) is 7.57. The number of carbonyl (C=O) groups excluding carboxylic acids is 1. The lowest BCUT2D eigenvalue weighted by atomic mass is 9.86. The van der Waals surface area contributed by atoms with Gasteiger partial charge in [-0.3, -0.25) is 4.79 Å². The van der Waals surface area contributed by atoms with E-state index in [1.54, 1.807) is 0 Å². The van der Waals surface area contributed by atoms with Gasteiger partial charge in [-0.25, -0.2) is 0 Å². The molecular formula is C29H32ClNO7. The van der Waals surface area contributed by atoms with Crippen molar-refractivity contribution in [3.05, 3.63) is 71.0 Å². The molecule has 8 nitrogen and oxygen atoms in total. The van der Waals surface area contributed by atoms with Crippen LogP contribution in [0.2, 0.25) is 5.02 Å². The smallest absolute Gasteiger partial charge is 0.311 e. The van der Waals surface area contributed by atoms with Gasteiger partial charge in [-0.05, 0) is 35.1 Å². The Kier molecular flexibility index (Phi) is 7.39. The highest BCUT2D eigenvalue weighted by Gasteiger charge is 2.43. The van der Waals surface area contributed by atoms with Gasteiger partial charge in [0.15, 0.2) is 6.29 Å². The second kappa shape index (κ2) is 10.4.